The van der Waals surface area contributed by atoms with Crippen molar-refractivity contribution in [3.63, 3.8) is 0 Å². The Morgan fingerprint density at radius 3 is 2.79 bits per heavy atom. The van der Waals surface area contributed by atoms with Gasteiger partial charge in [0, 0.05) is 36.2 Å². The second kappa shape index (κ2) is 7.09. The molecule has 2 aromatic heterocycles. The van der Waals surface area contributed by atoms with Gasteiger partial charge in [-0.2, -0.15) is 13.2 Å². The number of aryl methyl sites for hydroxylation is 1. The molecule has 1 saturated carbocycles. The minimum absolute atomic E-state index is 0.00762. The Morgan fingerprint density at radius 1 is 1.21 bits per heavy atom. The molecular weight excluding hydrogens is 369 g/mol. The number of hydrogen-bond acceptors (Lipinski definition) is 4. The van der Waals surface area contributed by atoms with Crippen LogP contribution in [-0.4, -0.2) is 20.6 Å². The van der Waals surface area contributed by atoms with E-state index < -0.39 is 11.7 Å². The highest BCUT2D eigenvalue weighted by Crippen LogP contribution is 2.39. The minimum Gasteiger partial charge on any atom is -0.490 e. The second-order valence-electron chi connectivity index (χ2n) is 7.11. The molecule has 1 aromatic carbocycles. The van der Waals surface area contributed by atoms with Crippen molar-refractivity contribution in [1.82, 2.24) is 14.5 Å². The zero-order chi connectivity index (χ0) is 19.9. The topological polar surface area (TPSA) is 66.0 Å². The predicted molar refractivity (Wildman–Crippen MR) is 98.9 cm³/mol. The summed E-state index contributed by atoms with van der Waals surface area (Å²) in [5, 5.41) is 1.01. The van der Waals surface area contributed by atoms with Crippen molar-refractivity contribution in [2.24, 2.45) is 5.73 Å². The first-order chi connectivity index (χ1) is 13.4. The van der Waals surface area contributed by atoms with Crippen molar-refractivity contribution in [3.05, 3.63) is 53.6 Å². The van der Waals surface area contributed by atoms with Gasteiger partial charge in [-0.15, -0.1) is 0 Å². The average molecular weight is 390 g/mol. The molecule has 4 rings (SSSR count). The first-order valence-corrected chi connectivity index (χ1v) is 9.22. The Balaban J connectivity index is 1.55. The van der Waals surface area contributed by atoms with Crippen LogP contribution < -0.4 is 10.5 Å². The third-order valence-corrected chi connectivity index (χ3v) is 5.39. The summed E-state index contributed by atoms with van der Waals surface area (Å²) in [5.41, 5.74) is 6.68. The third kappa shape index (κ3) is 3.32. The van der Waals surface area contributed by atoms with E-state index in [1.165, 1.54) is 6.07 Å². The van der Waals surface area contributed by atoms with Crippen molar-refractivity contribution < 1.29 is 17.9 Å². The Morgan fingerprint density at radius 2 is 2.04 bits per heavy atom. The van der Waals surface area contributed by atoms with E-state index in [4.69, 9.17) is 10.5 Å². The molecule has 0 bridgehead atoms. The maximum Gasteiger partial charge on any atom is 0.416 e. The summed E-state index contributed by atoms with van der Waals surface area (Å²) >= 11 is 0. The first kappa shape index (κ1) is 18.7. The summed E-state index contributed by atoms with van der Waals surface area (Å²) in [6.07, 6.45) is 1.26. The summed E-state index contributed by atoms with van der Waals surface area (Å²) in [6.45, 7) is 1.72. The van der Waals surface area contributed by atoms with E-state index in [0.717, 1.165) is 35.6 Å². The molecule has 1 aliphatic carbocycles. The fourth-order valence-electron chi connectivity index (χ4n) is 4.00. The summed E-state index contributed by atoms with van der Waals surface area (Å²) in [7, 11) is 0. The van der Waals surface area contributed by atoms with Crippen LogP contribution in [0, 0.1) is 6.92 Å². The number of fused-ring (bicyclic) bond motifs is 1. The van der Waals surface area contributed by atoms with Crippen LogP contribution in [0.2, 0.25) is 0 Å². The van der Waals surface area contributed by atoms with Gasteiger partial charge >= 0.3 is 6.18 Å². The molecule has 2 atom stereocenters. The van der Waals surface area contributed by atoms with E-state index in [1.54, 1.807) is 12.4 Å². The van der Waals surface area contributed by atoms with Crippen molar-refractivity contribution in [2.45, 2.75) is 51.1 Å². The number of aromatic nitrogens is 3. The smallest absolute Gasteiger partial charge is 0.416 e. The monoisotopic (exact) mass is 390 g/mol. The quantitative estimate of drug-likeness (QED) is 0.718. The van der Waals surface area contributed by atoms with Crippen LogP contribution in [0.4, 0.5) is 13.2 Å². The molecule has 0 aliphatic heterocycles. The predicted octanol–water partition coefficient (Wildman–Crippen LogP) is 4.39. The van der Waals surface area contributed by atoms with E-state index in [2.05, 4.69) is 14.5 Å². The van der Waals surface area contributed by atoms with Crippen LogP contribution >= 0.6 is 0 Å². The maximum absolute atomic E-state index is 13.2. The molecular formula is C20H21F3N4O. The van der Waals surface area contributed by atoms with Crippen molar-refractivity contribution in [3.8, 4) is 5.75 Å². The summed E-state index contributed by atoms with van der Waals surface area (Å²) < 4.78 is 47.8. The lowest BCUT2D eigenvalue weighted by atomic mass is 10.1. The number of ether oxygens (including phenoxy) is 1. The lowest BCUT2D eigenvalue weighted by Crippen LogP contribution is -2.18. The Hall–Kier alpha value is -2.61. The highest BCUT2D eigenvalue weighted by Gasteiger charge is 2.35. The zero-order valence-electron chi connectivity index (χ0n) is 15.4. The molecule has 5 nitrogen and oxygen atoms in total. The van der Waals surface area contributed by atoms with E-state index in [0.29, 0.717) is 6.42 Å². The maximum atomic E-state index is 13.2. The molecule has 0 saturated heterocycles. The number of nitrogens with zero attached hydrogens (tertiary/aromatic N) is 3. The van der Waals surface area contributed by atoms with Gasteiger partial charge in [0.1, 0.15) is 23.8 Å². The Labute approximate surface area is 160 Å². The number of benzene rings is 1. The van der Waals surface area contributed by atoms with Gasteiger partial charge in [-0.05, 0) is 38.0 Å². The van der Waals surface area contributed by atoms with Gasteiger partial charge in [0.2, 0.25) is 0 Å². The Kier molecular flexibility index (Phi) is 4.74. The highest BCUT2D eigenvalue weighted by atomic mass is 19.4. The lowest BCUT2D eigenvalue weighted by molar-refractivity contribution is -0.138. The van der Waals surface area contributed by atoms with Gasteiger partial charge < -0.3 is 15.0 Å². The average Bonchev–Trinajstić information content (AvgIpc) is 3.28. The zero-order valence-corrected chi connectivity index (χ0v) is 15.4. The highest BCUT2D eigenvalue weighted by molar-refractivity contribution is 5.78. The van der Waals surface area contributed by atoms with Gasteiger partial charge in [0.15, 0.2) is 0 Å². The Bertz CT molecular complexity index is 999. The molecule has 28 heavy (non-hydrogen) atoms. The summed E-state index contributed by atoms with van der Waals surface area (Å²) in [6, 6.07) is 6.15. The van der Waals surface area contributed by atoms with Gasteiger partial charge in [-0.3, -0.25) is 0 Å². The largest absolute Gasteiger partial charge is 0.490 e. The van der Waals surface area contributed by atoms with E-state index in [-0.39, 0.29) is 30.0 Å². The first-order valence-electron chi connectivity index (χ1n) is 9.22. The lowest BCUT2D eigenvalue weighted by Gasteiger charge is -2.20. The van der Waals surface area contributed by atoms with Crippen LogP contribution in [0.5, 0.6) is 5.75 Å². The second-order valence-corrected chi connectivity index (χ2v) is 7.11. The molecule has 8 heteroatoms. The number of halogens is 3. The summed E-state index contributed by atoms with van der Waals surface area (Å²) in [5.74, 6) is 0.221. The minimum atomic E-state index is -4.45. The fourth-order valence-corrected chi connectivity index (χ4v) is 4.00. The van der Waals surface area contributed by atoms with Crippen LogP contribution in [-0.2, 0) is 12.7 Å². The molecule has 2 heterocycles. The van der Waals surface area contributed by atoms with Crippen LogP contribution in [0.3, 0.4) is 0 Å². The fraction of sp³-hybridized carbons (Fsp3) is 0.400. The van der Waals surface area contributed by atoms with E-state index in [1.807, 2.05) is 19.2 Å². The SMILES string of the molecule is Cc1ncnc2c1ccn2[C@H]1CC[C@@H](Oc2cccc(C(F)(F)F)c2CN)C1. The molecule has 3 aromatic rings. The van der Waals surface area contributed by atoms with Crippen LogP contribution in [0.1, 0.15) is 42.1 Å². The molecule has 1 aliphatic rings. The van der Waals surface area contributed by atoms with Crippen LogP contribution in [0.25, 0.3) is 11.0 Å². The molecule has 0 amide bonds. The van der Waals surface area contributed by atoms with Crippen LogP contribution in [0.15, 0.2) is 36.8 Å². The van der Waals surface area contributed by atoms with Gasteiger partial charge in [-0.25, -0.2) is 9.97 Å². The molecule has 0 spiro atoms. The van der Waals surface area contributed by atoms with Gasteiger partial charge in [-0.1, -0.05) is 6.07 Å². The number of alkyl halides is 3. The number of hydrogen-bond donors (Lipinski definition) is 1. The molecule has 148 valence electrons. The normalized spacial score (nSPS) is 20.0. The number of rotatable bonds is 4. The molecule has 1 fully saturated rings. The molecule has 2 N–H and O–H groups in total. The standard InChI is InChI=1S/C20H21F3N4O/c1-12-15-7-8-27(19(15)26-11-25-12)13-5-6-14(9-13)28-18-4-2-3-17(16(18)10-24)20(21,22)23/h2-4,7-8,11,13-14H,5-6,9-10,24H2,1H3/t13-,14+/m0/s1. The van der Waals surface area contributed by atoms with Gasteiger partial charge in [0.25, 0.3) is 0 Å². The molecule has 0 unspecified atom stereocenters. The van der Waals surface area contributed by atoms with E-state index >= 15 is 0 Å². The van der Waals surface area contributed by atoms with Crippen molar-refractivity contribution >= 4 is 11.0 Å². The van der Waals surface area contributed by atoms with Crippen molar-refractivity contribution in [2.75, 3.05) is 0 Å². The summed E-state index contributed by atoms with van der Waals surface area (Å²) in [4.78, 5) is 8.60. The van der Waals surface area contributed by atoms with Crippen molar-refractivity contribution in [1.29, 1.82) is 0 Å². The number of nitrogens with two attached hydrogens (primary N) is 1. The van der Waals surface area contributed by atoms with E-state index in [9.17, 15) is 13.2 Å². The van der Waals surface area contributed by atoms with Gasteiger partial charge in [0.05, 0.1) is 11.3 Å². The third-order valence-electron chi connectivity index (χ3n) is 5.39. The molecule has 0 radical (unpaired) electrons.